The predicted octanol–water partition coefficient (Wildman–Crippen LogP) is -3.20. The van der Waals surface area contributed by atoms with Crippen molar-refractivity contribution in [3.63, 3.8) is 0 Å². The molecule has 1 fully saturated rings. The van der Waals surface area contributed by atoms with Crippen molar-refractivity contribution in [3.8, 4) is 0 Å². The van der Waals surface area contributed by atoms with E-state index < -0.39 is 60.7 Å². The lowest BCUT2D eigenvalue weighted by Crippen LogP contribution is -2.56. The number of hydrogen-bond acceptors (Lipinski definition) is 7. The molecule has 0 bridgehead atoms. The first-order valence-corrected chi connectivity index (χ1v) is 8.55. The average Bonchev–Trinajstić information content (AvgIpc) is 3.06. The molecule has 7 N–H and O–H groups in total. The van der Waals surface area contributed by atoms with Gasteiger partial charge >= 0.3 is 5.97 Å². The molecule has 3 atom stereocenters. The van der Waals surface area contributed by atoms with Gasteiger partial charge in [-0.1, -0.05) is 0 Å². The van der Waals surface area contributed by atoms with Crippen LogP contribution in [-0.4, -0.2) is 76.6 Å². The molecular weight excluding hydrogens is 366 g/mol. The molecule has 1 saturated heterocycles. The Balaban J connectivity index is 2.80. The van der Waals surface area contributed by atoms with E-state index >= 15 is 0 Å². The van der Waals surface area contributed by atoms with E-state index in [1.165, 1.54) is 4.90 Å². The number of nitrogens with zero attached hydrogens (tertiary/aromatic N) is 1. The second kappa shape index (κ2) is 9.97. The Morgan fingerprint density at radius 2 is 1.92 bits per heavy atom. The lowest BCUT2D eigenvalue weighted by molar-refractivity contribution is -0.141. The molecule has 0 saturated carbocycles. The number of nitrogens with one attached hydrogen (secondary N) is 2. The smallest absolute Gasteiger partial charge is 0.322 e. The number of carboxylic acid groups (broad SMARTS) is 1. The van der Waals surface area contributed by atoms with Crippen LogP contribution in [0.1, 0.15) is 19.3 Å². The lowest BCUT2D eigenvalue weighted by atomic mass is 10.1. The van der Waals surface area contributed by atoms with Gasteiger partial charge in [0, 0.05) is 12.3 Å². The summed E-state index contributed by atoms with van der Waals surface area (Å²) in [6.07, 6.45) is 0.444. The topological polar surface area (TPSA) is 185 Å². The number of hydrogen-bond donors (Lipinski definition) is 6. The fourth-order valence-corrected chi connectivity index (χ4v) is 2.71. The first kappa shape index (κ1) is 21.7. The van der Waals surface area contributed by atoms with Crippen molar-refractivity contribution in [1.82, 2.24) is 15.5 Å². The SMILES string of the molecule is NC(=O)CC(NC(=O)C1CCCN1C(=O)C(N)CS)C(=O)NCC(=O)O. The monoisotopic (exact) mass is 389 g/mol. The highest BCUT2D eigenvalue weighted by molar-refractivity contribution is 7.80. The lowest BCUT2D eigenvalue weighted by Gasteiger charge is -2.27. The minimum Gasteiger partial charge on any atom is -0.480 e. The second-order valence-electron chi connectivity index (χ2n) is 5.82. The van der Waals surface area contributed by atoms with Crippen LogP contribution in [0.3, 0.4) is 0 Å². The summed E-state index contributed by atoms with van der Waals surface area (Å²) in [6, 6.07) is -3.03. The summed E-state index contributed by atoms with van der Waals surface area (Å²) in [5, 5.41) is 13.0. The zero-order chi connectivity index (χ0) is 19.9. The molecule has 0 aliphatic carbocycles. The molecule has 0 aromatic heterocycles. The molecule has 4 amide bonds. The van der Waals surface area contributed by atoms with Crippen LogP contribution in [0.15, 0.2) is 0 Å². The number of nitrogens with two attached hydrogens (primary N) is 2. The van der Waals surface area contributed by atoms with Crippen molar-refractivity contribution < 1.29 is 29.1 Å². The van der Waals surface area contributed by atoms with Gasteiger partial charge in [-0.25, -0.2) is 0 Å². The highest BCUT2D eigenvalue weighted by Crippen LogP contribution is 2.18. The van der Waals surface area contributed by atoms with E-state index in [9.17, 15) is 24.0 Å². The van der Waals surface area contributed by atoms with E-state index in [-0.39, 0.29) is 5.75 Å². The van der Waals surface area contributed by atoms with Crippen LogP contribution in [0.2, 0.25) is 0 Å². The van der Waals surface area contributed by atoms with Gasteiger partial charge in [0.1, 0.15) is 18.6 Å². The maximum absolute atomic E-state index is 12.5. The number of carbonyl (C=O) groups excluding carboxylic acids is 4. The average molecular weight is 389 g/mol. The number of carbonyl (C=O) groups is 5. The highest BCUT2D eigenvalue weighted by atomic mass is 32.1. The van der Waals surface area contributed by atoms with Crippen molar-refractivity contribution in [3.05, 3.63) is 0 Å². The standard InChI is InChI=1S/C14H23N5O6S/c15-7(6-26)14(25)19-3-1-2-9(19)13(24)18-8(4-10(16)20)12(23)17-5-11(21)22/h7-9,26H,1-6,15H2,(H2,16,20)(H,17,23)(H,18,24)(H,21,22). The van der Waals surface area contributed by atoms with Crippen molar-refractivity contribution in [2.75, 3.05) is 18.8 Å². The number of amides is 4. The van der Waals surface area contributed by atoms with Crippen LogP contribution in [0.5, 0.6) is 0 Å². The van der Waals surface area contributed by atoms with Crippen LogP contribution >= 0.6 is 12.6 Å². The molecule has 0 radical (unpaired) electrons. The predicted molar refractivity (Wildman–Crippen MR) is 93.0 cm³/mol. The van der Waals surface area contributed by atoms with E-state index in [0.717, 1.165) is 0 Å². The van der Waals surface area contributed by atoms with Crippen LogP contribution in [0.4, 0.5) is 0 Å². The number of likely N-dealkylation sites (tertiary alicyclic amines) is 1. The molecule has 1 aliphatic heterocycles. The summed E-state index contributed by atoms with van der Waals surface area (Å²) >= 11 is 3.96. The van der Waals surface area contributed by atoms with Crippen LogP contribution in [0, 0.1) is 0 Å². The van der Waals surface area contributed by atoms with Crippen LogP contribution in [-0.2, 0) is 24.0 Å². The number of rotatable bonds is 9. The first-order valence-electron chi connectivity index (χ1n) is 7.92. The van der Waals surface area contributed by atoms with Crippen molar-refractivity contribution >= 4 is 42.2 Å². The van der Waals surface area contributed by atoms with Gasteiger partial charge in [0.2, 0.25) is 23.6 Å². The summed E-state index contributed by atoms with van der Waals surface area (Å²) in [6.45, 7) is -0.334. The summed E-state index contributed by atoms with van der Waals surface area (Å²) in [5.74, 6) is -3.94. The Hall–Kier alpha value is -2.34. The Kier molecular flexibility index (Phi) is 8.32. The van der Waals surface area contributed by atoms with Gasteiger partial charge in [-0.3, -0.25) is 24.0 Å². The van der Waals surface area contributed by atoms with Gasteiger partial charge in [-0.2, -0.15) is 12.6 Å². The molecule has 1 heterocycles. The summed E-state index contributed by atoms with van der Waals surface area (Å²) in [5.41, 5.74) is 10.7. The van der Waals surface area contributed by atoms with Gasteiger partial charge in [0.05, 0.1) is 12.5 Å². The van der Waals surface area contributed by atoms with Gasteiger partial charge in [-0.15, -0.1) is 0 Å². The number of aliphatic carboxylic acids is 1. The number of thiol groups is 1. The first-order chi connectivity index (χ1) is 12.2. The van der Waals surface area contributed by atoms with Gasteiger partial charge < -0.3 is 32.1 Å². The Labute approximate surface area is 155 Å². The molecular formula is C14H23N5O6S. The molecule has 26 heavy (non-hydrogen) atoms. The van der Waals surface area contributed by atoms with Crippen molar-refractivity contribution in [1.29, 1.82) is 0 Å². The van der Waals surface area contributed by atoms with E-state index in [4.69, 9.17) is 16.6 Å². The van der Waals surface area contributed by atoms with Crippen LogP contribution < -0.4 is 22.1 Å². The molecule has 146 valence electrons. The molecule has 0 aromatic carbocycles. The molecule has 3 unspecified atom stereocenters. The molecule has 1 aliphatic rings. The van der Waals surface area contributed by atoms with Gasteiger partial charge in [0.15, 0.2) is 0 Å². The Bertz CT molecular complexity index is 586. The van der Waals surface area contributed by atoms with E-state index in [2.05, 4.69) is 23.3 Å². The fraction of sp³-hybridized carbons (Fsp3) is 0.643. The highest BCUT2D eigenvalue weighted by Gasteiger charge is 2.37. The van der Waals surface area contributed by atoms with Crippen LogP contribution in [0.25, 0.3) is 0 Å². The molecule has 12 heteroatoms. The van der Waals surface area contributed by atoms with Gasteiger partial charge in [-0.05, 0) is 12.8 Å². The molecule has 0 spiro atoms. The normalized spacial score (nSPS) is 18.7. The molecule has 0 aromatic rings. The summed E-state index contributed by atoms with van der Waals surface area (Å²) < 4.78 is 0. The number of primary amides is 1. The van der Waals surface area contributed by atoms with E-state index in [1.807, 2.05) is 0 Å². The zero-order valence-corrected chi connectivity index (χ0v) is 14.9. The maximum atomic E-state index is 12.5. The number of carboxylic acids is 1. The minimum absolute atomic E-state index is 0.117. The Morgan fingerprint density at radius 3 is 2.46 bits per heavy atom. The minimum atomic E-state index is -1.34. The molecule has 11 nitrogen and oxygen atoms in total. The third-order valence-electron chi connectivity index (χ3n) is 3.80. The second-order valence-corrected chi connectivity index (χ2v) is 6.19. The van der Waals surface area contributed by atoms with Gasteiger partial charge in [0.25, 0.3) is 0 Å². The van der Waals surface area contributed by atoms with E-state index in [1.54, 1.807) is 0 Å². The van der Waals surface area contributed by atoms with E-state index in [0.29, 0.717) is 19.4 Å². The Morgan fingerprint density at radius 1 is 1.27 bits per heavy atom. The van der Waals surface area contributed by atoms with Crippen molar-refractivity contribution in [2.45, 2.75) is 37.4 Å². The third kappa shape index (κ3) is 6.19. The summed E-state index contributed by atoms with van der Waals surface area (Å²) in [7, 11) is 0. The molecule has 1 rings (SSSR count). The maximum Gasteiger partial charge on any atom is 0.322 e. The summed E-state index contributed by atoms with van der Waals surface area (Å²) in [4.78, 5) is 59.7. The zero-order valence-electron chi connectivity index (χ0n) is 14.0. The quantitative estimate of drug-likeness (QED) is 0.224. The fourth-order valence-electron chi connectivity index (χ4n) is 2.56. The largest absolute Gasteiger partial charge is 0.480 e. The third-order valence-corrected chi connectivity index (χ3v) is 4.20. The van der Waals surface area contributed by atoms with Crippen molar-refractivity contribution in [2.24, 2.45) is 11.5 Å².